The lowest BCUT2D eigenvalue weighted by Crippen LogP contribution is -2.76. The van der Waals surface area contributed by atoms with Crippen LogP contribution in [0, 0.1) is 5.92 Å². The second-order valence-corrected chi connectivity index (χ2v) is 13.0. The van der Waals surface area contributed by atoms with Crippen LogP contribution in [0.2, 0.25) is 0 Å². The summed E-state index contributed by atoms with van der Waals surface area (Å²) in [5.41, 5.74) is 3.88. The highest BCUT2D eigenvalue weighted by atomic mass is 16.5. The van der Waals surface area contributed by atoms with Gasteiger partial charge < -0.3 is 20.3 Å². The Bertz CT molecular complexity index is 1580. The summed E-state index contributed by atoms with van der Waals surface area (Å²) in [6.45, 7) is 2.33. The first-order chi connectivity index (χ1) is 20.4. The second-order valence-electron chi connectivity index (χ2n) is 13.0. The molecule has 3 aromatic rings. The zero-order chi connectivity index (χ0) is 28.6. The predicted octanol–water partition coefficient (Wildman–Crippen LogP) is 4.16. The van der Waals surface area contributed by atoms with E-state index in [4.69, 9.17) is 4.74 Å². The van der Waals surface area contributed by atoms with Crippen LogP contribution < -0.4 is 10.1 Å². The molecule has 7 heteroatoms. The molecule has 216 valence electrons. The number of carbonyl (C=O) groups is 2. The number of amides is 1. The van der Waals surface area contributed by atoms with Crippen molar-refractivity contribution in [1.82, 2.24) is 10.2 Å². The van der Waals surface area contributed by atoms with Gasteiger partial charge in [0.2, 0.25) is 0 Å². The summed E-state index contributed by atoms with van der Waals surface area (Å²) in [6, 6.07) is 19.2. The second kappa shape index (κ2) is 9.41. The largest absolute Gasteiger partial charge is 0.508 e. The minimum absolute atomic E-state index is 0.0235. The predicted molar refractivity (Wildman–Crippen MR) is 158 cm³/mol. The molecule has 1 saturated heterocycles. The van der Waals surface area contributed by atoms with Gasteiger partial charge in [0.15, 0.2) is 11.9 Å². The summed E-state index contributed by atoms with van der Waals surface area (Å²) in [5.74, 6) is 1.31. The molecule has 5 aliphatic rings. The molecule has 42 heavy (non-hydrogen) atoms. The molecule has 8 rings (SSSR count). The minimum atomic E-state index is -1.03. The molecule has 0 aromatic heterocycles. The highest BCUT2D eigenvalue weighted by Gasteiger charge is 2.73. The normalized spacial score (nSPS) is 29.1. The number of rotatable bonds is 7. The number of carbonyl (C=O) groups excluding carboxylic acids is 2. The van der Waals surface area contributed by atoms with Crippen LogP contribution >= 0.6 is 0 Å². The standard InChI is InChI=1S/C35H36N2O5/c38-26-10-7-24(8-11-26)23-5-3-21(4-6-23)14-17-36-33(40)27-12-9-25-19-29-35(41)15-13-28(39)32-34(35,30(25)31(27)42-32)16-18-37(29)20-22-1-2-22/h3-12,22,29,32,38,41H,1-2,13-20H2,(H,36,40)/t29-,32?,34+,35-/m1/s1. The summed E-state index contributed by atoms with van der Waals surface area (Å²) in [6.07, 6.45) is 4.64. The number of hydrogen-bond acceptors (Lipinski definition) is 6. The molecule has 1 unspecified atom stereocenters. The summed E-state index contributed by atoms with van der Waals surface area (Å²) in [7, 11) is 0. The molecule has 0 radical (unpaired) electrons. The molecule has 2 heterocycles. The summed E-state index contributed by atoms with van der Waals surface area (Å²) in [4.78, 5) is 29.3. The molecular weight excluding hydrogens is 528 g/mol. The van der Waals surface area contributed by atoms with E-state index in [0.29, 0.717) is 43.5 Å². The van der Waals surface area contributed by atoms with E-state index in [2.05, 4.69) is 22.3 Å². The molecule has 4 atom stereocenters. The summed E-state index contributed by atoms with van der Waals surface area (Å²) in [5, 5.41) is 25.1. The van der Waals surface area contributed by atoms with Crippen LogP contribution in [0.4, 0.5) is 0 Å². The van der Waals surface area contributed by atoms with Gasteiger partial charge in [0.05, 0.1) is 16.6 Å². The van der Waals surface area contributed by atoms with Crippen molar-refractivity contribution in [3.63, 3.8) is 0 Å². The monoisotopic (exact) mass is 564 g/mol. The van der Waals surface area contributed by atoms with E-state index >= 15 is 0 Å². The Kier molecular flexibility index (Phi) is 5.82. The lowest BCUT2D eigenvalue weighted by molar-refractivity contribution is -0.188. The minimum Gasteiger partial charge on any atom is -0.508 e. The van der Waals surface area contributed by atoms with Crippen LogP contribution in [0.3, 0.4) is 0 Å². The third-order valence-electron chi connectivity index (χ3n) is 10.7. The molecule has 2 aliphatic heterocycles. The van der Waals surface area contributed by atoms with Crippen molar-refractivity contribution in [2.75, 3.05) is 19.6 Å². The van der Waals surface area contributed by atoms with Crippen molar-refractivity contribution in [3.8, 4) is 22.6 Å². The van der Waals surface area contributed by atoms with Gasteiger partial charge >= 0.3 is 0 Å². The first kappa shape index (κ1) is 26.0. The fourth-order valence-electron chi connectivity index (χ4n) is 8.39. The van der Waals surface area contributed by atoms with E-state index < -0.39 is 17.1 Å². The number of ether oxygens (including phenoxy) is 1. The molecular formula is C35H36N2O5. The SMILES string of the molecule is O=C(NCCc1ccc(-c2ccc(O)cc2)cc1)c1ccc2c3c1OC1C(=O)CC[C@@]4(O)[C@@H](C2)N(CC2CC2)CC[C@]314. The van der Waals surface area contributed by atoms with E-state index in [1.807, 2.05) is 36.4 Å². The number of Topliss-reactive ketones (excluding diaryl/α,β-unsaturated/α-hetero) is 1. The molecule has 1 amide bonds. The Balaban J connectivity index is 1.03. The van der Waals surface area contributed by atoms with Crippen molar-refractivity contribution in [3.05, 3.63) is 82.9 Å². The van der Waals surface area contributed by atoms with Gasteiger partial charge in [-0.1, -0.05) is 42.5 Å². The summed E-state index contributed by atoms with van der Waals surface area (Å²) < 4.78 is 6.46. The third kappa shape index (κ3) is 3.79. The number of aliphatic hydroxyl groups is 1. The van der Waals surface area contributed by atoms with Crippen molar-refractivity contribution < 1.29 is 24.5 Å². The van der Waals surface area contributed by atoms with Crippen LogP contribution in [0.15, 0.2) is 60.7 Å². The number of benzene rings is 3. The van der Waals surface area contributed by atoms with Crippen molar-refractivity contribution in [2.24, 2.45) is 5.92 Å². The fraction of sp³-hybridized carbons (Fsp3) is 0.429. The molecule has 2 bridgehead atoms. The molecule has 3 fully saturated rings. The van der Waals surface area contributed by atoms with Gasteiger partial charge in [0.1, 0.15) is 11.5 Å². The van der Waals surface area contributed by atoms with Crippen molar-refractivity contribution >= 4 is 11.7 Å². The average Bonchev–Trinajstić information content (AvgIpc) is 3.74. The van der Waals surface area contributed by atoms with Crippen LogP contribution in [0.25, 0.3) is 11.1 Å². The Morgan fingerprint density at radius 2 is 1.74 bits per heavy atom. The number of nitrogens with zero attached hydrogens (tertiary/aromatic N) is 1. The highest BCUT2D eigenvalue weighted by molar-refractivity contribution is 5.99. The number of nitrogens with one attached hydrogen (secondary N) is 1. The van der Waals surface area contributed by atoms with Crippen molar-refractivity contribution in [1.29, 1.82) is 0 Å². The number of likely N-dealkylation sites (tertiary alicyclic amines) is 1. The van der Waals surface area contributed by atoms with E-state index in [9.17, 15) is 19.8 Å². The van der Waals surface area contributed by atoms with Crippen LogP contribution in [-0.4, -0.2) is 64.2 Å². The lowest BCUT2D eigenvalue weighted by Gasteiger charge is -2.62. The van der Waals surface area contributed by atoms with Crippen LogP contribution in [-0.2, 0) is 23.1 Å². The van der Waals surface area contributed by atoms with Gasteiger partial charge in [-0.05, 0) is 91.4 Å². The van der Waals surface area contributed by atoms with Crippen LogP contribution in [0.1, 0.15) is 59.2 Å². The van der Waals surface area contributed by atoms with Gasteiger partial charge in [-0.15, -0.1) is 0 Å². The first-order valence-corrected chi connectivity index (χ1v) is 15.4. The number of piperidine rings is 1. The molecule has 3 aromatic carbocycles. The van der Waals surface area contributed by atoms with Gasteiger partial charge in [0.25, 0.3) is 5.91 Å². The smallest absolute Gasteiger partial charge is 0.255 e. The quantitative estimate of drug-likeness (QED) is 0.399. The maximum atomic E-state index is 13.5. The third-order valence-corrected chi connectivity index (χ3v) is 10.7. The van der Waals surface area contributed by atoms with E-state index in [1.165, 1.54) is 12.8 Å². The highest BCUT2D eigenvalue weighted by Crippen LogP contribution is 2.64. The first-order valence-electron chi connectivity index (χ1n) is 15.4. The number of aromatic hydroxyl groups is 1. The zero-order valence-corrected chi connectivity index (χ0v) is 23.6. The Hall–Kier alpha value is -3.68. The number of hydrogen-bond donors (Lipinski definition) is 3. The average molecular weight is 565 g/mol. The number of phenols is 1. The van der Waals surface area contributed by atoms with E-state index in [0.717, 1.165) is 53.2 Å². The van der Waals surface area contributed by atoms with Crippen LogP contribution in [0.5, 0.6) is 11.5 Å². The zero-order valence-electron chi connectivity index (χ0n) is 23.6. The fourth-order valence-corrected chi connectivity index (χ4v) is 8.39. The maximum Gasteiger partial charge on any atom is 0.255 e. The lowest BCUT2D eigenvalue weighted by atomic mass is 9.49. The number of ketones is 1. The molecule has 3 N–H and O–H groups in total. The maximum absolute atomic E-state index is 13.5. The Labute approximate surface area is 245 Å². The van der Waals surface area contributed by atoms with E-state index in [-0.39, 0.29) is 23.5 Å². The molecule has 3 aliphatic carbocycles. The van der Waals surface area contributed by atoms with E-state index in [1.54, 1.807) is 12.1 Å². The molecule has 1 spiro atoms. The van der Waals surface area contributed by atoms with Crippen molar-refractivity contribution in [2.45, 2.75) is 68.1 Å². The van der Waals surface area contributed by atoms with Gasteiger partial charge in [-0.3, -0.25) is 14.5 Å². The molecule has 7 nitrogen and oxygen atoms in total. The number of phenolic OH excluding ortho intramolecular Hbond substituents is 1. The van der Waals surface area contributed by atoms with Gasteiger partial charge in [-0.25, -0.2) is 0 Å². The Morgan fingerprint density at radius 3 is 2.48 bits per heavy atom. The van der Waals surface area contributed by atoms with Gasteiger partial charge in [0, 0.05) is 31.1 Å². The summed E-state index contributed by atoms with van der Waals surface area (Å²) >= 11 is 0. The topological polar surface area (TPSA) is 99.1 Å². The molecule has 2 saturated carbocycles. The Morgan fingerprint density at radius 1 is 1.00 bits per heavy atom. The van der Waals surface area contributed by atoms with Gasteiger partial charge in [-0.2, -0.15) is 0 Å².